The molecule has 1 spiro atoms. The maximum Gasteiger partial charge on any atom is 0.164 e. The van der Waals surface area contributed by atoms with Crippen molar-refractivity contribution < 1.29 is 29.0 Å². The third-order valence-electron chi connectivity index (χ3n) is 8.45. The van der Waals surface area contributed by atoms with Crippen LogP contribution in [0.15, 0.2) is 0 Å². The third-order valence-corrected chi connectivity index (χ3v) is 8.45. The van der Waals surface area contributed by atoms with Gasteiger partial charge in [-0.1, -0.05) is 13.8 Å². The summed E-state index contributed by atoms with van der Waals surface area (Å²) in [6.45, 7) is 4.77. The fourth-order valence-electron chi connectivity index (χ4n) is 6.99. The number of hydrogen-bond acceptors (Lipinski definition) is 6. The monoisotopic (exact) mass is 362 g/mol. The van der Waals surface area contributed by atoms with Crippen molar-refractivity contribution in [3.05, 3.63) is 0 Å². The molecule has 3 aliphatic carbocycles. The molecule has 1 N–H and O–H groups in total. The summed E-state index contributed by atoms with van der Waals surface area (Å²) < 4.78 is 11.5. The zero-order valence-electron chi connectivity index (χ0n) is 15.3. The molecule has 6 nitrogen and oxygen atoms in total. The largest absolute Gasteiger partial charge is 0.385 e. The first kappa shape index (κ1) is 17.0. The fourth-order valence-corrected chi connectivity index (χ4v) is 6.99. The number of ketones is 2. The molecule has 0 amide bonds. The molecule has 3 saturated heterocycles. The highest BCUT2D eigenvalue weighted by atomic mass is 16.6. The van der Waals surface area contributed by atoms with Gasteiger partial charge in [0.1, 0.15) is 17.5 Å². The predicted molar refractivity (Wildman–Crippen MR) is 89.1 cm³/mol. The summed E-state index contributed by atoms with van der Waals surface area (Å²) >= 11 is 0. The Kier molecular flexibility index (Phi) is 3.29. The van der Waals surface area contributed by atoms with E-state index in [0.29, 0.717) is 32.5 Å². The van der Waals surface area contributed by atoms with Crippen LogP contribution in [0.3, 0.4) is 0 Å². The van der Waals surface area contributed by atoms with Crippen LogP contribution in [0, 0.1) is 34.5 Å². The molecule has 3 heterocycles. The quantitative estimate of drug-likeness (QED) is 0.580. The summed E-state index contributed by atoms with van der Waals surface area (Å²) in [5, 5.41) is 11.0. The molecule has 26 heavy (non-hydrogen) atoms. The van der Waals surface area contributed by atoms with Crippen LogP contribution in [0.1, 0.15) is 39.5 Å². The standard InChI is InChI=1S/C20H26O6/c1-18(2)14-6-13(22)20(9-25-14)12-4-3-10(19(7-21)8-26-19)5-11(12)15(23)16(24)17(18)20/h7,10-12,14,16-17,24H,3-6,8-9H2,1-2H3/t10-,11-,12-,14-,16-,17-,19+,20-/m1/s1. The van der Waals surface area contributed by atoms with Crippen LogP contribution >= 0.6 is 0 Å². The van der Waals surface area contributed by atoms with Gasteiger partial charge >= 0.3 is 0 Å². The number of ether oxygens (including phenoxy) is 2. The number of aliphatic hydroxyl groups is 1. The van der Waals surface area contributed by atoms with Crippen molar-refractivity contribution >= 4 is 17.9 Å². The molecule has 6 fully saturated rings. The Morgan fingerprint density at radius 1 is 1.19 bits per heavy atom. The summed E-state index contributed by atoms with van der Waals surface area (Å²) in [6.07, 6.45) is 1.88. The van der Waals surface area contributed by atoms with E-state index in [-0.39, 0.29) is 41.3 Å². The molecule has 3 aliphatic heterocycles. The number of aliphatic hydroxyl groups excluding tert-OH is 1. The highest BCUT2D eigenvalue weighted by molar-refractivity contribution is 5.95. The SMILES string of the molecule is CC1(C)[C@H]2[C@H](O)C(=O)[C@@H]3C[C@H]([C@]4(C=O)CO4)CC[C@H]3[C@@]23CO[C@@H]1CC3=O. The molecular formula is C20H26O6. The normalized spacial score (nSPS) is 54.4. The van der Waals surface area contributed by atoms with Gasteiger partial charge in [0.25, 0.3) is 0 Å². The average molecular weight is 362 g/mol. The molecule has 8 atom stereocenters. The van der Waals surface area contributed by atoms with Gasteiger partial charge in [0.15, 0.2) is 12.1 Å². The Morgan fingerprint density at radius 3 is 2.54 bits per heavy atom. The summed E-state index contributed by atoms with van der Waals surface area (Å²) in [6, 6.07) is 0. The van der Waals surface area contributed by atoms with Crippen LogP contribution in [0.25, 0.3) is 0 Å². The molecule has 142 valence electrons. The van der Waals surface area contributed by atoms with E-state index in [4.69, 9.17) is 9.47 Å². The van der Waals surface area contributed by atoms with E-state index in [0.717, 1.165) is 12.7 Å². The number of Topliss-reactive ketones (excluding diaryl/α,β-unsaturated/α-hetero) is 2. The summed E-state index contributed by atoms with van der Waals surface area (Å²) in [4.78, 5) is 37.8. The Hall–Kier alpha value is -1.11. The van der Waals surface area contributed by atoms with Crippen molar-refractivity contribution in [2.75, 3.05) is 13.2 Å². The van der Waals surface area contributed by atoms with Crippen molar-refractivity contribution in [1.29, 1.82) is 0 Å². The lowest BCUT2D eigenvalue weighted by atomic mass is 9.40. The Morgan fingerprint density at radius 2 is 1.92 bits per heavy atom. The van der Waals surface area contributed by atoms with Gasteiger partial charge in [0, 0.05) is 18.3 Å². The van der Waals surface area contributed by atoms with Crippen LogP contribution in [0.2, 0.25) is 0 Å². The van der Waals surface area contributed by atoms with Crippen LogP contribution in [0.4, 0.5) is 0 Å². The molecule has 2 bridgehead atoms. The zero-order valence-corrected chi connectivity index (χ0v) is 15.3. The number of fused-ring (bicyclic) bond motifs is 3. The highest BCUT2D eigenvalue weighted by Crippen LogP contribution is 2.66. The Balaban J connectivity index is 1.56. The third kappa shape index (κ3) is 1.81. The summed E-state index contributed by atoms with van der Waals surface area (Å²) in [7, 11) is 0. The maximum absolute atomic E-state index is 13.2. The van der Waals surface area contributed by atoms with Crippen LogP contribution in [-0.4, -0.2) is 54.0 Å². The minimum atomic E-state index is -1.13. The van der Waals surface area contributed by atoms with Gasteiger partial charge in [0.05, 0.1) is 24.7 Å². The Bertz CT molecular complexity index is 694. The number of carbonyl (C=O) groups is 3. The zero-order chi connectivity index (χ0) is 18.5. The molecule has 0 aromatic carbocycles. The lowest BCUT2D eigenvalue weighted by Crippen LogP contribution is -2.74. The molecule has 6 heteroatoms. The minimum absolute atomic E-state index is 0.00527. The fraction of sp³-hybridized carbons (Fsp3) is 0.850. The van der Waals surface area contributed by atoms with Gasteiger partial charge in [-0.05, 0) is 36.5 Å². The number of rotatable bonds is 2. The summed E-state index contributed by atoms with van der Waals surface area (Å²) in [5.41, 5.74) is -1.92. The smallest absolute Gasteiger partial charge is 0.164 e. The van der Waals surface area contributed by atoms with E-state index < -0.39 is 22.5 Å². The van der Waals surface area contributed by atoms with Gasteiger partial charge in [-0.15, -0.1) is 0 Å². The number of hydrogen-bond donors (Lipinski definition) is 1. The lowest BCUT2D eigenvalue weighted by Gasteiger charge is -2.66. The van der Waals surface area contributed by atoms with Crippen molar-refractivity contribution in [3.8, 4) is 0 Å². The maximum atomic E-state index is 13.2. The predicted octanol–water partition coefficient (Wildman–Crippen LogP) is 0.931. The van der Waals surface area contributed by atoms with Crippen molar-refractivity contribution in [2.45, 2.75) is 57.3 Å². The second-order valence-corrected chi connectivity index (χ2v) is 9.70. The number of aldehydes is 1. The topological polar surface area (TPSA) is 93.2 Å². The van der Waals surface area contributed by atoms with Gasteiger partial charge in [-0.2, -0.15) is 0 Å². The van der Waals surface area contributed by atoms with E-state index >= 15 is 0 Å². The Labute approximate surface area is 152 Å². The molecule has 0 aromatic rings. The van der Waals surface area contributed by atoms with E-state index in [1.165, 1.54) is 0 Å². The highest BCUT2D eigenvalue weighted by Gasteiger charge is 2.73. The summed E-state index contributed by atoms with van der Waals surface area (Å²) in [5.74, 6) is -0.864. The van der Waals surface area contributed by atoms with Crippen molar-refractivity contribution in [1.82, 2.24) is 0 Å². The minimum Gasteiger partial charge on any atom is -0.385 e. The second kappa shape index (κ2) is 5.03. The lowest BCUT2D eigenvalue weighted by molar-refractivity contribution is -0.262. The van der Waals surface area contributed by atoms with Crippen molar-refractivity contribution in [3.63, 3.8) is 0 Å². The van der Waals surface area contributed by atoms with E-state index in [2.05, 4.69) is 0 Å². The second-order valence-electron chi connectivity index (χ2n) is 9.70. The first-order chi connectivity index (χ1) is 12.3. The van der Waals surface area contributed by atoms with E-state index in [1.807, 2.05) is 13.8 Å². The van der Waals surface area contributed by atoms with Crippen LogP contribution < -0.4 is 0 Å². The molecule has 0 unspecified atom stereocenters. The number of carbonyl (C=O) groups excluding carboxylic acids is 3. The van der Waals surface area contributed by atoms with Crippen LogP contribution in [-0.2, 0) is 23.9 Å². The van der Waals surface area contributed by atoms with Crippen LogP contribution in [0.5, 0.6) is 0 Å². The average Bonchev–Trinajstić information content (AvgIpc) is 3.41. The molecular weight excluding hydrogens is 336 g/mol. The van der Waals surface area contributed by atoms with E-state index in [1.54, 1.807) is 0 Å². The molecule has 0 aromatic heterocycles. The molecule has 0 radical (unpaired) electrons. The van der Waals surface area contributed by atoms with Gasteiger partial charge in [0.2, 0.25) is 0 Å². The molecule has 6 aliphatic rings. The van der Waals surface area contributed by atoms with Gasteiger partial charge in [-0.25, -0.2) is 0 Å². The molecule has 6 rings (SSSR count). The van der Waals surface area contributed by atoms with Crippen molar-refractivity contribution in [2.24, 2.45) is 34.5 Å². The van der Waals surface area contributed by atoms with Gasteiger partial charge < -0.3 is 19.4 Å². The number of epoxide rings is 1. The molecule has 3 saturated carbocycles. The first-order valence-corrected chi connectivity index (χ1v) is 9.75. The first-order valence-electron chi connectivity index (χ1n) is 9.75. The van der Waals surface area contributed by atoms with E-state index in [9.17, 15) is 19.5 Å². The van der Waals surface area contributed by atoms with Gasteiger partial charge in [-0.3, -0.25) is 9.59 Å².